The lowest BCUT2D eigenvalue weighted by atomic mass is 9.92. The van der Waals surface area contributed by atoms with Crippen LogP contribution in [0.1, 0.15) is 17.2 Å². The summed E-state index contributed by atoms with van der Waals surface area (Å²) >= 11 is 6.19. The van der Waals surface area contributed by atoms with Crippen LogP contribution in [0.3, 0.4) is 0 Å². The lowest BCUT2D eigenvalue weighted by molar-refractivity contribution is 0.194. The first kappa shape index (κ1) is 16.4. The molecule has 3 rings (SSSR count). The van der Waals surface area contributed by atoms with Gasteiger partial charge < -0.3 is 4.74 Å². The molecule has 4 nitrogen and oxygen atoms in total. The van der Waals surface area contributed by atoms with Crippen molar-refractivity contribution in [3.63, 3.8) is 0 Å². The number of hydrogen-bond donors (Lipinski definition) is 0. The zero-order chi connectivity index (χ0) is 16.7. The third-order valence-electron chi connectivity index (χ3n) is 3.70. The van der Waals surface area contributed by atoms with Gasteiger partial charge in [-0.1, -0.05) is 41.9 Å². The smallest absolute Gasteiger partial charge is 0.264 e. The zero-order valence-corrected chi connectivity index (χ0v) is 13.8. The highest BCUT2D eigenvalue weighted by Crippen LogP contribution is 2.58. The standard InChI is InChI=1S/C16H14ClFO4S/c1-23(19,20)21-10-16(11-6-8-12(18)9-7-11)15(22-16)13-4-2-3-5-14(13)17/h2-9,15H,10H2,1H3/t15-,16-/m0/s1. The number of hydrogen-bond acceptors (Lipinski definition) is 4. The molecule has 0 aliphatic carbocycles. The number of ether oxygens (including phenoxy) is 1. The van der Waals surface area contributed by atoms with Crippen molar-refractivity contribution in [2.45, 2.75) is 11.7 Å². The SMILES string of the molecule is CS(=O)(=O)OC[C@@]1(c2ccc(F)cc2)O[C@H]1c1ccccc1Cl. The lowest BCUT2D eigenvalue weighted by Gasteiger charge is -2.14. The topological polar surface area (TPSA) is 55.9 Å². The van der Waals surface area contributed by atoms with E-state index in [1.54, 1.807) is 30.3 Å². The molecule has 0 saturated carbocycles. The second-order valence-electron chi connectivity index (χ2n) is 5.38. The van der Waals surface area contributed by atoms with Gasteiger partial charge in [-0.25, -0.2) is 4.39 Å². The van der Waals surface area contributed by atoms with Crippen LogP contribution in [0.4, 0.5) is 4.39 Å². The third kappa shape index (κ3) is 3.40. The van der Waals surface area contributed by atoms with Gasteiger partial charge in [-0.15, -0.1) is 0 Å². The Bertz CT molecular complexity index is 822. The Kier molecular flexibility index (Phi) is 4.18. The van der Waals surface area contributed by atoms with Gasteiger partial charge in [0.2, 0.25) is 0 Å². The maximum Gasteiger partial charge on any atom is 0.264 e. The van der Waals surface area contributed by atoms with Crippen LogP contribution in [0.5, 0.6) is 0 Å². The number of halogens is 2. The average Bonchev–Trinajstić information content (AvgIpc) is 3.21. The fourth-order valence-electron chi connectivity index (χ4n) is 2.52. The molecule has 1 aliphatic rings. The highest BCUT2D eigenvalue weighted by atomic mass is 35.5. The van der Waals surface area contributed by atoms with Gasteiger partial charge in [-0.05, 0) is 23.8 Å². The Morgan fingerprint density at radius 1 is 1.22 bits per heavy atom. The Hall–Kier alpha value is -1.47. The molecule has 2 aromatic carbocycles. The predicted molar refractivity (Wildman–Crippen MR) is 84.2 cm³/mol. The van der Waals surface area contributed by atoms with Gasteiger partial charge in [0.1, 0.15) is 24.1 Å². The van der Waals surface area contributed by atoms with Crippen molar-refractivity contribution >= 4 is 21.7 Å². The molecule has 1 saturated heterocycles. The molecule has 0 N–H and O–H groups in total. The summed E-state index contributed by atoms with van der Waals surface area (Å²) in [6.07, 6.45) is 0.515. The summed E-state index contributed by atoms with van der Waals surface area (Å²) in [7, 11) is -3.64. The van der Waals surface area contributed by atoms with Crippen LogP contribution in [0.2, 0.25) is 5.02 Å². The molecule has 23 heavy (non-hydrogen) atoms. The molecule has 122 valence electrons. The second kappa shape index (κ2) is 5.87. The van der Waals surface area contributed by atoms with E-state index in [2.05, 4.69) is 0 Å². The van der Waals surface area contributed by atoms with Crippen LogP contribution in [-0.4, -0.2) is 21.3 Å². The van der Waals surface area contributed by atoms with Crippen LogP contribution in [-0.2, 0) is 24.6 Å². The van der Waals surface area contributed by atoms with E-state index in [9.17, 15) is 12.8 Å². The molecular weight excluding hydrogens is 343 g/mol. The van der Waals surface area contributed by atoms with Crippen molar-refractivity contribution in [1.82, 2.24) is 0 Å². The van der Waals surface area contributed by atoms with E-state index in [-0.39, 0.29) is 12.4 Å². The number of benzene rings is 2. The molecule has 1 aliphatic heterocycles. The van der Waals surface area contributed by atoms with Gasteiger partial charge in [0.25, 0.3) is 10.1 Å². The van der Waals surface area contributed by atoms with E-state index in [4.69, 9.17) is 20.5 Å². The Morgan fingerprint density at radius 2 is 1.87 bits per heavy atom. The lowest BCUT2D eigenvalue weighted by Crippen LogP contribution is -2.21. The fourth-order valence-corrected chi connectivity index (χ4v) is 3.14. The molecule has 1 heterocycles. The number of rotatable bonds is 5. The quantitative estimate of drug-likeness (QED) is 0.608. The van der Waals surface area contributed by atoms with Crippen molar-refractivity contribution in [2.24, 2.45) is 0 Å². The predicted octanol–water partition coefficient (Wildman–Crippen LogP) is 3.42. The minimum absolute atomic E-state index is 0.201. The normalized spacial score (nSPS) is 23.7. The van der Waals surface area contributed by atoms with Crippen molar-refractivity contribution < 1.29 is 21.7 Å². The Labute approximate surface area is 138 Å². The molecule has 0 unspecified atom stereocenters. The molecule has 1 fully saturated rings. The molecule has 2 atom stereocenters. The minimum Gasteiger partial charge on any atom is -0.353 e. The molecule has 7 heteroatoms. The summed E-state index contributed by atoms with van der Waals surface area (Å²) < 4.78 is 46.6. The molecular formula is C16H14ClFO4S. The summed E-state index contributed by atoms with van der Waals surface area (Å²) in [5.74, 6) is -0.386. The maximum absolute atomic E-state index is 13.2. The number of epoxide rings is 1. The van der Waals surface area contributed by atoms with E-state index < -0.39 is 21.8 Å². The minimum atomic E-state index is -3.64. The van der Waals surface area contributed by atoms with Crippen LogP contribution in [0.25, 0.3) is 0 Å². The van der Waals surface area contributed by atoms with Crippen LogP contribution in [0.15, 0.2) is 48.5 Å². The summed E-state index contributed by atoms with van der Waals surface area (Å²) in [6.45, 7) is -0.201. The van der Waals surface area contributed by atoms with Crippen molar-refractivity contribution in [2.75, 3.05) is 12.9 Å². The van der Waals surface area contributed by atoms with E-state index in [0.717, 1.165) is 11.8 Å². The van der Waals surface area contributed by atoms with Crippen molar-refractivity contribution in [3.05, 3.63) is 70.5 Å². The van der Waals surface area contributed by atoms with Gasteiger partial charge in [0, 0.05) is 10.6 Å². The van der Waals surface area contributed by atoms with E-state index >= 15 is 0 Å². The van der Waals surface area contributed by atoms with Crippen molar-refractivity contribution in [3.8, 4) is 0 Å². The third-order valence-corrected chi connectivity index (χ3v) is 4.59. The monoisotopic (exact) mass is 356 g/mol. The van der Waals surface area contributed by atoms with E-state index in [1.165, 1.54) is 12.1 Å². The van der Waals surface area contributed by atoms with Crippen LogP contribution >= 0.6 is 11.6 Å². The highest BCUT2D eigenvalue weighted by molar-refractivity contribution is 7.85. The highest BCUT2D eigenvalue weighted by Gasteiger charge is 2.60. The second-order valence-corrected chi connectivity index (χ2v) is 7.43. The molecule has 0 bridgehead atoms. The largest absolute Gasteiger partial charge is 0.353 e. The average molecular weight is 357 g/mol. The van der Waals surface area contributed by atoms with Crippen LogP contribution in [0, 0.1) is 5.82 Å². The molecule has 0 amide bonds. The summed E-state index contributed by atoms with van der Waals surface area (Å²) in [4.78, 5) is 0. The van der Waals surface area contributed by atoms with Crippen molar-refractivity contribution in [1.29, 1.82) is 0 Å². The Balaban J connectivity index is 1.96. The Morgan fingerprint density at radius 3 is 2.48 bits per heavy atom. The maximum atomic E-state index is 13.2. The molecule has 2 aromatic rings. The van der Waals surface area contributed by atoms with Crippen LogP contribution < -0.4 is 0 Å². The van der Waals surface area contributed by atoms with E-state index in [1.807, 2.05) is 6.07 Å². The van der Waals surface area contributed by atoms with Gasteiger partial charge in [0.15, 0.2) is 0 Å². The zero-order valence-electron chi connectivity index (χ0n) is 12.2. The fraction of sp³-hybridized carbons (Fsp3) is 0.250. The first-order valence-corrected chi connectivity index (χ1v) is 9.04. The first-order chi connectivity index (χ1) is 10.8. The van der Waals surface area contributed by atoms with Gasteiger partial charge in [-0.3, -0.25) is 4.18 Å². The van der Waals surface area contributed by atoms with Gasteiger partial charge >= 0.3 is 0 Å². The van der Waals surface area contributed by atoms with Gasteiger partial charge in [-0.2, -0.15) is 8.42 Å². The first-order valence-electron chi connectivity index (χ1n) is 6.84. The summed E-state index contributed by atoms with van der Waals surface area (Å²) in [6, 6.07) is 12.8. The molecule has 0 spiro atoms. The summed E-state index contributed by atoms with van der Waals surface area (Å²) in [5, 5.41) is 0.515. The molecule has 0 aromatic heterocycles. The molecule has 0 radical (unpaired) electrons. The van der Waals surface area contributed by atoms with Gasteiger partial charge in [0.05, 0.1) is 6.26 Å². The van der Waals surface area contributed by atoms with E-state index in [0.29, 0.717) is 10.6 Å². The summed E-state index contributed by atoms with van der Waals surface area (Å²) in [5.41, 5.74) is 0.366.